The van der Waals surface area contributed by atoms with Gasteiger partial charge in [0.1, 0.15) is 10.3 Å². The summed E-state index contributed by atoms with van der Waals surface area (Å²) in [5.41, 5.74) is 0. The maximum Gasteiger partial charge on any atom is 0.253 e. The molecule has 172 valence electrons. The highest BCUT2D eigenvalue weighted by molar-refractivity contribution is 7.91. The highest BCUT2D eigenvalue weighted by Gasteiger charge is 2.42. The minimum atomic E-state index is -3.63. The molecule has 0 radical (unpaired) electrons. The number of hydrogen-bond donors (Lipinski definition) is 0. The Kier molecular flexibility index (Phi) is 7.30. The fraction of sp³-hybridized carbons (Fsp3) is 0.714. The number of carbonyl (C=O) groups excluding carboxylic acids is 2. The largest absolute Gasteiger partial charge is 0.342 e. The summed E-state index contributed by atoms with van der Waals surface area (Å²) in [5.74, 6) is 0.0850. The first-order valence-electron chi connectivity index (χ1n) is 11.3. The third kappa shape index (κ3) is 5.13. The van der Waals surface area contributed by atoms with Crippen molar-refractivity contribution in [2.24, 2.45) is 0 Å². The minimum Gasteiger partial charge on any atom is -0.342 e. The zero-order valence-electron chi connectivity index (χ0n) is 17.9. The van der Waals surface area contributed by atoms with Crippen LogP contribution in [-0.4, -0.2) is 97.6 Å². The van der Waals surface area contributed by atoms with E-state index in [1.54, 1.807) is 22.4 Å². The number of hydrogen-bond acceptors (Lipinski definition) is 6. The average molecular weight is 469 g/mol. The van der Waals surface area contributed by atoms with Crippen molar-refractivity contribution >= 4 is 33.2 Å². The van der Waals surface area contributed by atoms with E-state index in [0.29, 0.717) is 56.3 Å². The lowest BCUT2D eigenvalue weighted by molar-refractivity contribution is -0.137. The highest BCUT2D eigenvalue weighted by Crippen LogP contribution is 2.29. The number of amides is 2. The molecule has 0 aliphatic carbocycles. The number of piperazine rings is 1. The fourth-order valence-corrected chi connectivity index (χ4v) is 7.52. The van der Waals surface area contributed by atoms with E-state index in [4.69, 9.17) is 0 Å². The fourth-order valence-electron chi connectivity index (χ4n) is 4.75. The van der Waals surface area contributed by atoms with Crippen molar-refractivity contribution in [1.29, 1.82) is 0 Å². The second-order valence-electron chi connectivity index (χ2n) is 8.60. The van der Waals surface area contributed by atoms with Crippen molar-refractivity contribution < 1.29 is 18.0 Å². The molecule has 0 aromatic carbocycles. The van der Waals surface area contributed by atoms with Crippen LogP contribution >= 0.6 is 11.3 Å². The van der Waals surface area contributed by atoms with Crippen molar-refractivity contribution in [2.45, 2.75) is 48.8 Å². The average Bonchev–Trinajstić information content (AvgIpc) is 3.42. The Labute approximate surface area is 188 Å². The zero-order valence-corrected chi connectivity index (χ0v) is 19.6. The van der Waals surface area contributed by atoms with E-state index in [2.05, 4.69) is 4.90 Å². The predicted octanol–water partition coefficient (Wildman–Crippen LogP) is 1.45. The summed E-state index contributed by atoms with van der Waals surface area (Å²) >= 11 is 1.19. The molecule has 2 amide bonds. The van der Waals surface area contributed by atoms with Crippen molar-refractivity contribution in [3.05, 3.63) is 17.5 Å². The van der Waals surface area contributed by atoms with Crippen LogP contribution in [0.15, 0.2) is 21.7 Å². The molecule has 4 rings (SSSR count). The van der Waals surface area contributed by atoms with E-state index in [1.807, 2.05) is 4.90 Å². The molecule has 3 aliphatic rings. The Bertz CT molecular complexity index is 858. The molecule has 0 bridgehead atoms. The van der Waals surface area contributed by atoms with Crippen LogP contribution in [-0.2, 0) is 19.6 Å². The predicted molar refractivity (Wildman–Crippen MR) is 119 cm³/mol. The molecule has 1 aromatic heterocycles. The molecule has 3 fully saturated rings. The number of thiophene rings is 1. The minimum absolute atomic E-state index is 0.101. The van der Waals surface area contributed by atoms with Gasteiger partial charge in [0.2, 0.25) is 11.8 Å². The second-order valence-corrected chi connectivity index (χ2v) is 11.7. The molecule has 1 atom stereocenters. The van der Waals surface area contributed by atoms with Crippen LogP contribution in [0.4, 0.5) is 0 Å². The van der Waals surface area contributed by atoms with Crippen molar-refractivity contribution in [3.8, 4) is 0 Å². The topological polar surface area (TPSA) is 81.2 Å². The summed E-state index contributed by atoms with van der Waals surface area (Å²) in [6, 6.07) is 2.70. The summed E-state index contributed by atoms with van der Waals surface area (Å²) < 4.78 is 27.6. The van der Waals surface area contributed by atoms with Crippen LogP contribution in [0, 0.1) is 0 Å². The van der Waals surface area contributed by atoms with Gasteiger partial charge in [-0.2, -0.15) is 4.31 Å². The molecule has 3 saturated heterocycles. The SMILES string of the molecule is O=C(CN1CCN(C(=O)C2CCCN2S(=O)(=O)c2cccs2)CC1)N1CCCCCC1. The molecule has 1 unspecified atom stereocenters. The first kappa shape index (κ1) is 22.7. The normalized spacial score (nSPS) is 24.3. The van der Waals surface area contributed by atoms with Crippen molar-refractivity contribution in [3.63, 3.8) is 0 Å². The first-order chi connectivity index (χ1) is 15.0. The number of sulfonamides is 1. The third-order valence-electron chi connectivity index (χ3n) is 6.55. The van der Waals surface area contributed by atoms with Crippen LogP contribution in [0.5, 0.6) is 0 Å². The van der Waals surface area contributed by atoms with Gasteiger partial charge in [-0.1, -0.05) is 18.9 Å². The maximum absolute atomic E-state index is 13.2. The molecular weight excluding hydrogens is 436 g/mol. The second kappa shape index (κ2) is 9.97. The Morgan fingerprint density at radius 2 is 1.61 bits per heavy atom. The van der Waals surface area contributed by atoms with Gasteiger partial charge in [-0.3, -0.25) is 14.5 Å². The Morgan fingerprint density at radius 3 is 2.26 bits per heavy atom. The lowest BCUT2D eigenvalue weighted by Crippen LogP contribution is -2.55. The summed E-state index contributed by atoms with van der Waals surface area (Å²) in [5, 5.41) is 1.74. The standard InChI is InChI=1S/C21H32N4O4S2/c26-19(23-9-3-1-2-4-10-23)17-22-12-14-24(15-13-22)21(27)18-7-5-11-25(18)31(28,29)20-8-6-16-30-20/h6,8,16,18H,1-5,7,9-15,17H2. The number of nitrogens with zero attached hydrogens (tertiary/aromatic N) is 4. The van der Waals surface area contributed by atoms with Gasteiger partial charge in [0.15, 0.2) is 0 Å². The van der Waals surface area contributed by atoms with E-state index in [0.717, 1.165) is 25.9 Å². The van der Waals surface area contributed by atoms with Crippen LogP contribution < -0.4 is 0 Å². The zero-order chi connectivity index (χ0) is 21.8. The molecule has 8 nitrogen and oxygen atoms in total. The number of carbonyl (C=O) groups is 2. The van der Waals surface area contributed by atoms with Gasteiger partial charge in [0, 0.05) is 45.8 Å². The highest BCUT2D eigenvalue weighted by atomic mass is 32.2. The maximum atomic E-state index is 13.2. The molecule has 1 aromatic rings. The van der Waals surface area contributed by atoms with Gasteiger partial charge < -0.3 is 9.80 Å². The van der Waals surface area contributed by atoms with Gasteiger partial charge in [0.05, 0.1) is 6.54 Å². The van der Waals surface area contributed by atoms with Gasteiger partial charge in [-0.25, -0.2) is 8.42 Å². The lowest BCUT2D eigenvalue weighted by atomic mass is 10.2. The first-order valence-corrected chi connectivity index (χ1v) is 13.6. The van der Waals surface area contributed by atoms with Gasteiger partial charge in [-0.15, -0.1) is 11.3 Å². The van der Waals surface area contributed by atoms with Gasteiger partial charge in [0.25, 0.3) is 10.0 Å². The van der Waals surface area contributed by atoms with Gasteiger partial charge >= 0.3 is 0 Å². The van der Waals surface area contributed by atoms with Crippen LogP contribution in [0.1, 0.15) is 38.5 Å². The van der Waals surface area contributed by atoms with Crippen LogP contribution in [0.2, 0.25) is 0 Å². The van der Waals surface area contributed by atoms with Crippen molar-refractivity contribution in [2.75, 3.05) is 52.4 Å². The Balaban J connectivity index is 1.31. The van der Waals surface area contributed by atoms with E-state index in [1.165, 1.54) is 28.5 Å². The van der Waals surface area contributed by atoms with Crippen LogP contribution in [0.3, 0.4) is 0 Å². The quantitative estimate of drug-likeness (QED) is 0.653. The van der Waals surface area contributed by atoms with E-state index in [-0.39, 0.29) is 11.8 Å². The molecule has 4 heterocycles. The van der Waals surface area contributed by atoms with E-state index >= 15 is 0 Å². The van der Waals surface area contributed by atoms with Crippen molar-refractivity contribution in [1.82, 2.24) is 19.0 Å². The van der Waals surface area contributed by atoms with E-state index in [9.17, 15) is 18.0 Å². The molecule has 10 heteroatoms. The number of rotatable bonds is 5. The molecule has 0 saturated carbocycles. The summed E-state index contributed by atoms with van der Waals surface area (Å²) in [6.45, 7) is 4.88. The Hall–Kier alpha value is -1.49. The van der Waals surface area contributed by atoms with E-state index < -0.39 is 16.1 Å². The summed E-state index contributed by atoms with van der Waals surface area (Å²) in [7, 11) is -3.63. The number of likely N-dealkylation sites (tertiary alicyclic amines) is 1. The summed E-state index contributed by atoms with van der Waals surface area (Å²) in [4.78, 5) is 31.7. The van der Waals surface area contributed by atoms with Gasteiger partial charge in [-0.05, 0) is 37.1 Å². The van der Waals surface area contributed by atoms with Crippen LogP contribution in [0.25, 0.3) is 0 Å². The third-order valence-corrected chi connectivity index (χ3v) is 9.83. The Morgan fingerprint density at radius 1 is 0.903 bits per heavy atom. The smallest absolute Gasteiger partial charge is 0.253 e. The lowest BCUT2D eigenvalue weighted by Gasteiger charge is -2.37. The monoisotopic (exact) mass is 468 g/mol. The summed E-state index contributed by atoms with van der Waals surface area (Å²) in [6.07, 6.45) is 5.83. The molecule has 3 aliphatic heterocycles. The molecule has 31 heavy (non-hydrogen) atoms. The molecular formula is C21H32N4O4S2. The molecule has 0 N–H and O–H groups in total. The molecule has 0 spiro atoms.